The number of rotatable bonds is 21. The first-order chi connectivity index (χ1) is 40.6. The second-order valence-electron chi connectivity index (χ2n) is 21.8. The molecule has 0 aliphatic carbocycles. The smallest absolute Gasteiger partial charge is 0.217 e. The van der Waals surface area contributed by atoms with E-state index in [-0.39, 0.29) is 0 Å². The molecule has 7 saturated heterocycles. The van der Waals surface area contributed by atoms with Crippen molar-refractivity contribution >= 4 is 17.7 Å². The van der Waals surface area contributed by atoms with Crippen LogP contribution in [0.2, 0.25) is 0 Å². The number of aliphatic hydroxyl groups excluding tert-OH is 19. The first kappa shape index (κ1) is 70.6. The van der Waals surface area contributed by atoms with Crippen LogP contribution in [0.3, 0.4) is 0 Å². The summed E-state index contributed by atoms with van der Waals surface area (Å²) in [6.07, 6.45) is -60.1. The lowest BCUT2D eigenvalue weighted by Gasteiger charge is -2.50. The van der Waals surface area contributed by atoms with Gasteiger partial charge in [0.1, 0.15) is 165 Å². The molecule has 0 spiro atoms. The molecule has 86 heavy (non-hydrogen) atoms. The molecule has 35 atom stereocenters. The molecule has 38 nitrogen and oxygen atoms in total. The van der Waals surface area contributed by atoms with Crippen LogP contribution in [0.4, 0.5) is 0 Å². The predicted octanol–water partition coefficient (Wildman–Crippen LogP) is -14.8. The molecule has 7 aliphatic rings. The molecule has 38 heteroatoms. The third-order valence-corrected chi connectivity index (χ3v) is 15.7. The maximum Gasteiger partial charge on any atom is 0.217 e. The van der Waals surface area contributed by atoms with Crippen LogP contribution in [-0.2, 0) is 76.0 Å². The Hall–Kier alpha value is -2.87. The van der Waals surface area contributed by atoms with E-state index in [1.165, 1.54) is 6.92 Å². The third kappa shape index (κ3) is 15.4. The fourth-order valence-electron chi connectivity index (χ4n) is 11.1. The van der Waals surface area contributed by atoms with Gasteiger partial charge in [-0.15, -0.1) is 0 Å². The van der Waals surface area contributed by atoms with Crippen LogP contribution in [0, 0.1) is 0 Å². The lowest BCUT2D eigenvalue weighted by Crippen LogP contribution is -2.70. The largest absolute Gasteiger partial charge is 0.394 e. The molecule has 7 aliphatic heterocycles. The lowest BCUT2D eigenvalue weighted by molar-refractivity contribution is -0.392. The van der Waals surface area contributed by atoms with Crippen molar-refractivity contribution in [3.63, 3.8) is 0 Å². The van der Waals surface area contributed by atoms with Gasteiger partial charge < -0.3 is 175 Å². The molecule has 3 amide bonds. The Morgan fingerprint density at radius 3 is 1.24 bits per heavy atom. The van der Waals surface area contributed by atoms with E-state index < -0.39 is 272 Å². The van der Waals surface area contributed by atoms with E-state index >= 15 is 0 Å². The summed E-state index contributed by atoms with van der Waals surface area (Å²) in [5.41, 5.74) is 0. The minimum atomic E-state index is -2.29. The second kappa shape index (κ2) is 30.5. The highest BCUT2D eigenvalue weighted by atomic mass is 16.8. The maximum atomic E-state index is 12.8. The van der Waals surface area contributed by atoms with Crippen molar-refractivity contribution in [2.75, 3.05) is 39.6 Å². The normalized spacial score (nSPS) is 49.4. The molecule has 7 rings (SSSR count). The summed E-state index contributed by atoms with van der Waals surface area (Å²) in [6, 6.07) is -5.17. The van der Waals surface area contributed by atoms with Crippen LogP contribution in [0.5, 0.6) is 0 Å². The van der Waals surface area contributed by atoms with Crippen LogP contribution < -0.4 is 16.0 Å². The highest BCUT2D eigenvalue weighted by molar-refractivity contribution is 5.74. The number of amides is 3. The number of ether oxygens (including phenoxy) is 13. The molecule has 0 saturated carbocycles. The molecule has 498 valence electrons. The summed E-state index contributed by atoms with van der Waals surface area (Å²) >= 11 is 0. The van der Waals surface area contributed by atoms with Crippen molar-refractivity contribution in [2.24, 2.45) is 0 Å². The van der Waals surface area contributed by atoms with Crippen molar-refractivity contribution in [2.45, 2.75) is 242 Å². The summed E-state index contributed by atoms with van der Waals surface area (Å²) in [4.78, 5) is 37.3. The highest BCUT2D eigenvalue weighted by Crippen LogP contribution is 2.37. The minimum absolute atomic E-state index is 0.783. The van der Waals surface area contributed by atoms with Gasteiger partial charge in [-0.05, 0) is 6.92 Å². The average molecular weight is 1260 g/mol. The third-order valence-electron chi connectivity index (χ3n) is 15.7. The van der Waals surface area contributed by atoms with E-state index in [0.29, 0.717) is 0 Å². The van der Waals surface area contributed by atoms with Crippen LogP contribution in [0.25, 0.3) is 0 Å². The highest BCUT2D eigenvalue weighted by Gasteiger charge is 2.58. The summed E-state index contributed by atoms with van der Waals surface area (Å²) in [6.45, 7) is -1.34. The van der Waals surface area contributed by atoms with Gasteiger partial charge in [0, 0.05) is 20.8 Å². The molecule has 0 unspecified atom stereocenters. The molecular weight excluding hydrogens is 1180 g/mol. The number of hydrogen-bond acceptors (Lipinski definition) is 35. The van der Waals surface area contributed by atoms with Crippen molar-refractivity contribution < 1.29 is 173 Å². The Morgan fingerprint density at radius 1 is 0.326 bits per heavy atom. The van der Waals surface area contributed by atoms with Crippen LogP contribution >= 0.6 is 0 Å². The van der Waals surface area contributed by atoms with Crippen molar-refractivity contribution in [1.82, 2.24) is 16.0 Å². The van der Waals surface area contributed by atoms with Crippen LogP contribution in [0.15, 0.2) is 0 Å². The summed E-state index contributed by atoms with van der Waals surface area (Å²) in [5, 5.41) is 213. The lowest BCUT2D eigenvalue weighted by atomic mass is 9.93. The Kier molecular flexibility index (Phi) is 25.0. The zero-order valence-electron chi connectivity index (χ0n) is 46.5. The van der Waals surface area contributed by atoms with Crippen molar-refractivity contribution in [1.29, 1.82) is 0 Å². The first-order valence-corrected chi connectivity index (χ1v) is 27.5. The number of aliphatic hydroxyl groups is 19. The number of hydrogen-bond donors (Lipinski definition) is 22. The summed E-state index contributed by atoms with van der Waals surface area (Å²) < 4.78 is 75.4. The second-order valence-corrected chi connectivity index (χ2v) is 21.8. The Balaban J connectivity index is 1.09. The van der Waals surface area contributed by atoms with Gasteiger partial charge in [0.15, 0.2) is 44.0 Å². The molecule has 22 N–H and O–H groups in total. The summed E-state index contributed by atoms with van der Waals surface area (Å²) in [5.74, 6) is -2.46. The standard InChI is InChI=1S/C48H81N3O35/c1-11-37(82-46-34(70)31(67)25(61)16(6-53)78-46)33(69)35(71)45(75-11)74-10-20-39(29(65)21(42(73)76-20)49-12(2)57)83-44-23(51-14(4)59)30(66)38(19(9-56)81-44)84-47-36(72)40(27(63)18(8-55)79-47)85-48-41(32(68)26(62)17(7-54)80-48)86-43-22(50-13(3)58)28(64)24(60)15(5-52)77-43/h11,15-48,52-56,60-73H,5-10H2,1-4H3,(H,49,57)(H,50,58)(H,51,59)/t11-,15+,16+,17+,18+,19+,20+,21+,22+,23+,24+,25-,26+,27+,28+,29+,30+,31-,32-,33-,34+,35-,36-,37+,38+,39+,40-,41-,42+,43-,44-,45+,46-,47-,48+/m0/s1. The number of carbonyl (C=O) groups is 3. The number of carbonyl (C=O) groups excluding carboxylic acids is 3. The van der Waals surface area contributed by atoms with E-state index in [4.69, 9.17) is 61.6 Å². The monoisotopic (exact) mass is 1260 g/mol. The molecule has 0 aromatic rings. The van der Waals surface area contributed by atoms with Gasteiger partial charge in [0.05, 0.1) is 45.7 Å². The molecule has 7 heterocycles. The topological polar surface area (TPSA) is 592 Å². The summed E-state index contributed by atoms with van der Waals surface area (Å²) in [7, 11) is 0. The predicted molar refractivity (Wildman–Crippen MR) is 265 cm³/mol. The van der Waals surface area contributed by atoms with E-state index in [2.05, 4.69) is 16.0 Å². The number of nitrogens with one attached hydrogen (secondary N) is 3. The van der Waals surface area contributed by atoms with Gasteiger partial charge >= 0.3 is 0 Å². The fourth-order valence-corrected chi connectivity index (χ4v) is 11.1. The Morgan fingerprint density at radius 2 is 0.698 bits per heavy atom. The quantitative estimate of drug-likeness (QED) is 0.0507. The molecular formula is C48H81N3O35. The molecule has 7 fully saturated rings. The maximum absolute atomic E-state index is 12.8. The van der Waals surface area contributed by atoms with E-state index in [9.17, 15) is 111 Å². The molecule has 0 bridgehead atoms. The van der Waals surface area contributed by atoms with Crippen LogP contribution in [-0.4, -0.2) is 369 Å². The van der Waals surface area contributed by atoms with Gasteiger partial charge in [-0.1, -0.05) is 0 Å². The van der Waals surface area contributed by atoms with Gasteiger partial charge in [0.25, 0.3) is 0 Å². The zero-order chi connectivity index (χ0) is 63.5. The van der Waals surface area contributed by atoms with E-state index in [1.807, 2.05) is 0 Å². The molecule has 0 aromatic carbocycles. The average Bonchev–Trinajstić information content (AvgIpc) is 0.940. The van der Waals surface area contributed by atoms with E-state index in [0.717, 1.165) is 20.8 Å². The Labute approximate surface area is 488 Å². The molecule has 0 radical (unpaired) electrons. The first-order valence-electron chi connectivity index (χ1n) is 27.5. The van der Waals surface area contributed by atoms with Crippen LogP contribution in [0.1, 0.15) is 27.7 Å². The Bertz CT molecular complexity index is 2170. The fraction of sp³-hybridized carbons (Fsp3) is 0.938. The molecule has 0 aromatic heterocycles. The van der Waals surface area contributed by atoms with Gasteiger partial charge in [-0.25, -0.2) is 0 Å². The van der Waals surface area contributed by atoms with Gasteiger partial charge in [-0.2, -0.15) is 0 Å². The van der Waals surface area contributed by atoms with Crippen molar-refractivity contribution in [3.8, 4) is 0 Å². The van der Waals surface area contributed by atoms with Crippen molar-refractivity contribution in [3.05, 3.63) is 0 Å². The minimum Gasteiger partial charge on any atom is -0.394 e. The van der Waals surface area contributed by atoms with Gasteiger partial charge in [0.2, 0.25) is 17.7 Å². The zero-order valence-corrected chi connectivity index (χ0v) is 46.5. The van der Waals surface area contributed by atoms with Gasteiger partial charge in [-0.3, -0.25) is 14.4 Å². The van der Waals surface area contributed by atoms with E-state index in [1.54, 1.807) is 0 Å². The SMILES string of the molecule is CC(=O)N[C@@H]1[C@@H](O)[C@H](O[C@@H]2O[C@H](CO)[C@@H](O[C@@H]3O[C@H](CO)[C@@H](O)[C@H](O[C@H]4O[C@H](CO)[C@@H](O)[C@H](O)[C@@H]4O[C@@H]4O[C@H](CO)[C@@H](O)[C@H](O)[C@H]4NC(C)=O)[C@@H]3O)[C@H](O)[C@H]2NC(C)=O)[C@@H](CO[C@@H]2O[C@@H](C)[C@@H](O[C@@H]3O[C@H](CO)[C@H](O)[C@H](O)[C@H]3O)[C@@H](O)[C@@H]2O)O[C@H]1O.